The molecule has 1 amide bonds. The van der Waals surface area contributed by atoms with Crippen molar-refractivity contribution in [3.63, 3.8) is 0 Å². The number of carbonyl (C=O) groups is 1. The number of rotatable bonds is 4. The maximum absolute atomic E-state index is 12.0. The molecule has 2 rings (SSSR count). The van der Waals surface area contributed by atoms with Gasteiger partial charge in [-0.05, 0) is 38.3 Å². The smallest absolute Gasteiger partial charge is 0.251 e. The molecule has 1 aliphatic carbocycles. The summed E-state index contributed by atoms with van der Waals surface area (Å²) in [6.45, 7) is 3.80. The Morgan fingerprint density at radius 1 is 1.53 bits per heavy atom. The number of hydrogen-bond acceptors (Lipinski definition) is 2. The van der Waals surface area contributed by atoms with E-state index < -0.39 is 0 Å². The Morgan fingerprint density at radius 3 is 2.88 bits per heavy atom. The van der Waals surface area contributed by atoms with E-state index in [1.54, 1.807) is 25.1 Å². The van der Waals surface area contributed by atoms with Gasteiger partial charge in [0.1, 0.15) is 5.75 Å². The summed E-state index contributed by atoms with van der Waals surface area (Å²) in [6.07, 6.45) is 3.65. The third-order valence-corrected chi connectivity index (χ3v) is 3.31. The molecule has 1 fully saturated rings. The second-order valence-electron chi connectivity index (χ2n) is 5.00. The normalized spacial score (nSPS) is 16.6. The third-order valence-electron chi connectivity index (χ3n) is 3.31. The molecule has 1 saturated carbocycles. The Bertz CT molecular complexity index is 424. The zero-order valence-corrected chi connectivity index (χ0v) is 10.4. The van der Waals surface area contributed by atoms with Crippen LogP contribution in [0.15, 0.2) is 18.2 Å². The van der Waals surface area contributed by atoms with Crippen molar-refractivity contribution in [3.8, 4) is 5.75 Å². The third kappa shape index (κ3) is 2.99. The standard InChI is InChI=1S/C14H19NO2/c1-9(8-11-6-7-11)15-14(17)12-4-3-5-13(16)10(12)2/h3-5,9,11,16H,6-8H2,1-2H3,(H,15,17). The molecule has 1 atom stereocenters. The number of benzene rings is 1. The average molecular weight is 233 g/mol. The summed E-state index contributed by atoms with van der Waals surface area (Å²) >= 11 is 0. The van der Waals surface area contributed by atoms with Gasteiger partial charge in [-0.15, -0.1) is 0 Å². The first-order chi connectivity index (χ1) is 8.08. The summed E-state index contributed by atoms with van der Waals surface area (Å²) in [7, 11) is 0. The number of amides is 1. The van der Waals surface area contributed by atoms with Crippen molar-refractivity contribution in [1.29, 1.82) is 0 Å². The average Bonchev–Trinajstić information content (AvgIpc) is 3.05. The molecule has 0 saturated heterocycles. The monoisotopic (exact) mass is 233 g/mol. The first-order valence-electron chi connectivity index (χ1n) is 6.17. The molecule has 0 heterocycles. The number of phenolic OH excluding ortho intramolecular Hbond substituents is 1. The molecule has 1 aliphatic rings. The fourth-order valence-corrected chi connectivity index (χ4v) is 2.08. The molecule has 17 heavy (non-hydrogen) atoms. The summed E-state index contributed by atoms with van der Waals surface area (Å²) in [5.74, 6) is 0.884. The van der Waals surface area contributed by atoms with Crippen molar-refractivity contribution in [2.24, 2.45) is 5.92 Å². The summed E-state index contributed by atoms with van der Waals surface area (Å²) in [6, 6.07) is 5.24. The highest BCUT2D eigenvalue weighted by Gasteiger charge is 2.24. The second kappa shape index (κ2) is 4.78. The van der Waals surface area contributed by atoms with Gasteiger partial charge in [-0.2, -0.15) is 0 Å². The first-order valence-corrected chi connectivity index (χ1v) is 6.17. The van der Waals surface area contributed by atoms with E-state index in [9.17, 15) is 9.90 Å². The number of phenols is 1. The maximum atomic E-state index is 12.0. The fraction of sp³-hybridized carbons (Fsp3) is 0.500. The molecule has 0 aromatic heterocycles. The van der Waals surface area contributed by atoms with Gasteiger partial charge in [-0.1, -0.05) is 18.9 Å². The minimum absolute atomic E-state index is 0.0912. The zero-order chi connectivity index (χ0) is 12.4. The Morgan fingerprint density at radius 2 is 2.24 bits per heavy atom. The molecule has 3 nitrogen and oxygen atoms in total. The van der Waals surface area contributed by atoms with E-state index in [2.05, 4.69) is 5.32 Å². The van der Waals surface area contributed by atoms with Gasteiger partial charge in [-0.25, -0.2) is 0 Å². The van der Waals surface area contributed by atoms with Crippen LogP contribution in [0.3, 0.4) is 0 Å². The van der Waals surface area contributed by atoms with Gasteiger partial charge in [0.15, 0.2) is 0 Å². The van der Waals surface area contributed by atoms with Gasteiger partial charge in [0, 0.05) is 17.2 Å². The molecule has 92 valence electrons. The SMILES string of the molecule is Cc1c(O)cccc1C(=O)NC(C)CC1CC1. The van der Waals surface area contributed by atoms with E-state index in [1.807, 2.05) is 6.92 Å². The van der Waals surface area contributed by atoms with E-state index in [-0.39, 0.29) is 17.7 Å². The largest absolute Gasteiger partial charge is 0.508 e. The van der Waals surface area contributed by atoms with Crippen LogP contribution in [0, 0.1) is 12.8 Å². The van der Waals surface area contributed by atoms with Crippen LogP contribution in [-0.4, -0.2) is 17.1 Å². The fourth-order valence-electron chi connectivity index (χ4n) is 2.08. The minimum atomic E-state index is -0.0912. The summed E-state index contributed by atoms with van der Waals surface area (Å²) in [5.41, 5.74) is 1.20. The van der Waals surface area contributed by atoms with Crippen molar-refractivity contribution in [3.05, 3.63) is 29.3 Å². The first kappa shape index (κ1) is 12.0. The molecule has 3 heteroatoms. The van der Waals surface area contributed by atoms with Crippen molar-refractivity contribution in [2.45, 2.75) is 39.2 Å². The van der Waals surface area contributed by atoms with Crippen LogP contribution in [0.4, 0.5) is 0 Å². The molecular weight excluding hydrogens is 214 g/mol. The van der Waals surface area contributed by atoms with E-state index >= 15 is 0 Å². The molecule has 1 aromatic carbocycles. The summed E-state index contributed by atoms with van der Waals surface area (Å²) < 4.78 is 0. The van der Waals surface area contributed by atoms with Crippen molar-refractivity contribution < 1.29 is 9.90 Å². The molecule has 0 radical (unpaired) electrons. The van der Waals surface area contributed by atoms with Crippen LogP contribution in [-0.2, 0) is 0 Å². The Balaban J connectivity index is 2.00. The Labute approximate surface area is 102 Å². The zero-order valence-electron chi connectivity index (χ0n) is 10.4. The number of hydrogen-bond donors (Lipinski definition) is 2. The maximum Gasteiger partial charge on any atom is 0.251 e. The van der Waals surface area contributed by atoms with Gasteiger partial charge in [0.2, 0.25) is 0 Å². The molecule has 0 spiro atoms. The molecule has 1 unspecified atom stereocenters. The van der Waals surface area contributed by atoms with Gasteiger partial charge in [0.25, 0.3) is 5.91 Å². The van der Waals surface area contributed by atoms with Crippen LogP contribution in [0.25, 0.3) is 0 Å². The summed E-state index contributed by atoms with van der Waals surface area (Å²) in [5, 5.41) is 12.5. The van der Waals surface area contributed by atoms with Gasteiger partial charge in [-0.3, -0.25) is 4.79 Å². The number of aromatic hydroxyl groups is 1. The van der Waals surface area contributed by atoms with Crippen molar-refractivity contribution in [2.75, 3.05) is 0 Å². The number of carbonyl (C=O) groups excluding carboxylic acids is 1. The lowest BCUT2D eigenvalue weighted by Crippen LogP contribution is -2.33. The molecule has 0 aliphatic heterocycles. The lowest BCUT2D eigenvalue weighted by Gasteiger charge is -2.14. The Hall–Kier alpha value is -1.51. The van der Waals surface area contributed by atoms with Gasteiger partial charge >= 0.3 is 0 Å². The topological polar surface area (TPSA) is 49.3 Å². The van der Waals surface area contributed by atoms with Gasteiger partial charge < -0.3 is 10.4 Å². The van der Waals surface area contributed by atoms with Crippen LogP contribution >= 0.6 is 0 Å². The lowest BCUT2D eigenvalue weighted by atomic mass is 10.1. The van der Waals surface area contributed by atoms with E-state index in [1.165, 1.54) is 12.8 Å². The summed E-state index contributed by atoms with van der Waals surface area (Å²) in [4.78, 5) is 12.0. The van der Waals surface area contributed by atoms with Crippen LogP contribution in [0.5, 0.6) is 5.75 Å². The number of nitrogens with one attached hydrogen (secondary N) is 1. The molecular formula is C14H19NO2. The van der Waals surface area contributed by atoms with Gasteiger partial charge in [0.05, 0.1) is 0 Å². The van der Waals surface area contributed by atoms with Crippen LogP contribution in [0.2, 0.25) is 0 Å². The lowest BCUT2D eigenvalue weighted by molar-refractivity contribution is 0.0936. The predicted octanol–water partition coefficient (Wildman–Crippen LogP) is 2.62. The Kier molecular flexibility index (Phi) is 3.36. The predicted molar refractivity (Wildman–Crippen MR) is 67.1 cm³/mol. The van der Waals surface area contributed by atoms with Crippen LogP contribution < -0.4 is 5.32 Å². The second-order valence-corrected chi connectivity index (χ2v) is 5.00. The molecule has 0 bridgehead atoms. The highest BCUT2D eigenvalue weighted by Crippen LogP contribution is 2.33. The molecule has 2 N–H and O–H groups in total. The minimum Gasteiger partial charge on any atom is -0.508 e. The van der Waals surface area contributed by atoms with Crippen molar-refractivity contribution in [1.82, 2.24) is 5.32 Å². The quantitative estimate of drug-likeness (QED) is 0.839. The van der Waals surface area contributed by atoms with Crippen molar-refractivity contribution >= 4 is 5.91 Å². The van der Waals surface area contributed by atoms with E-state index in [0.29, 0.717) is 11.1 Å². The van der Waals surface area contributed by atoms with E-state index in [4.69, 9.17) is 0 Å². The highest BCUT2D eigenvalue weighted by molar-refractivity contribution is 5.96. The molecule has 1 aromatic rings. The highest BCUT2D eigenvalue weighted by atomic mass is 16.3. The van der Waals surface area contributed by atoms with Crippen LogP contribution in [0.1, 0.15) is 42.1 Å². The van der Waals surface area contributed by atoms with E-state index in [0.717, 1.165) is 12.3 Å².